The lowest BCUT2D eigenvalue weighted by molar-refractivity contribution is -0.140. The van der Waals surface area contributed by atoms with Crippen molar-refractivity contribution in [1.29, 1.82) is 0 Å². The minimum Gasteiger partial charge on any atom is -0.273 e. The third-order valence-corrected chi connectivity index (χ3v) is 4.75. The van der Waals surface area contributed by atoms with E-state index in [2.05, 4.69) is 4.99 Å². The Kier molecular flexibility index (Phi) is 4.30. The van der Waals surface area contributed by atoms with E-state index in [4.69, 9.17) is 11.6 Å². The van der Waals surface area contributed by atoms with Gasteiger partial charge >= 0.3 is 0 Å². The molecule has 1 atom stereocenters. The fourth-order valence-corrected chi connectivity index (χ4v) is 3.37. The van der Waals surface area contributed by atoms with Gasteiger partial charge in [-0.25, -0.2) is 4.99 Å². The number of likely N-dealkylation sites (tertiary alicyclic amines) is 1. The average molecular weight is 319 g/mol. The third-order valence-electron chi connectivity index (χ3n) is 4.36. The van der Waals surface area contributed by atoms with Crippen molar-refractivity contribution in [3.63, 3.8) is 0 Å². The number of amides is 2. The van der Waals surface area contributed by atoms with Crippen molar-refractivity contribution in [1.82, 2.24) is 4.90 Å². The van der Waals surface area contributed by atoms with Gasteiger partial charge < -0.3 is 0 Å². The standard InChI is InChI=1S/C17H19ClN2O2/c1-11-7-9-12(10-8-11)19-15-14(18)16(21)20(17(15)22)13-5-3-2-4-6-13/h7-10,13-14H,2-6H2,1H3. The van der Waals surface area contributed by atoms with Crippen LogP contribution in [0.1, 0.15) is 37.7 Å². The first kappa shape index (κ1) is 15.2. The number of hydrogen-bond donors (Lipinski definition) is 0. The molecule has 4 nitrogen and oxygen atoms in total. The van der Waals surface area contributed by atoms with Crippen LogP contribution in [0.25, 0.3) is 0 Å². The van der Waals surface area contributed by atoms with E-state index in [1.165, 1.54) is 11.3 Å². The zero-order valence-electron chi connectivity index (χ0n) is 12.6. The summed E-state index contributed by atoms with van der Waals surface area (Å²) in [6.45, 7) is 1.98. The molecule has 0 bridgehead atoms. The van der Waals surface area contributed by atoms with E-state index >= 15 is 0 Å². The van der Waals surface area contributed by atoms with Crippen molar-refractivity contribution in [2.75, 3.05) is 0 Å². The van der Waals surface area contributed by atoms with E-state index in [1.54, 1.807) is 0 Å². The Balaban J connectivity index is 1.87. The Hall–Kier alpha value is -1.68. The Morgan fingerprint density at radius 2 is 1.73 bits per heavy atom. The summed E-state index contributed by atoms with van der Waals surface area (Å²) in [5, 5.41) is -0.962. The van der Waals surface area contributed by atoms with Gasteiger partial charge in [0.05, 0.1) is 5.69 Å². The molecule has 1 aliphatic carbocycles. The van der Waals surface area contributed by atoms with E-state index in [9.17, 15) is 9.59 Å². The monoisotopic (exact) mass is 318 g/mol. The molecule has 2 aliphatic rings. The minimum absolute atomic E-state index is 0.0132. The van der Waals surface area contributed by atoms with Crippen molar-refractivity contribution < 1.29 is 9.59 Å². The van der Waals surface area contributed by atoms with Gasteiger partial charge in [-0.2, -0.15) is 0 Å². The number of imide groups is 1. The maximum atomic E-state index is 12.6. The summed E-state index contributed by atoms with van der Waals surface area (Å²) in [4.78, 5) is 30.6. The predicted octanol–water partition coefficient (Wildman–Crippen LogP) is 3.38. The molecule has 1 saturated heterocycles. The number of rotatable bonds is 2. The van der Waals surface area contributed by atoms with Crippen LogP contribution in [0.15, 0.2) is 29.3 Å². The van der Waals surface area contributed by atoms with E-state index in [0.29, 0.717) is 5.69 Å². The lowest BCUT2D eigenvalue weighted by Crippen LogP contribution is -2.42. The van der Waals surface area contributed by atoms with Gasteiger partial charge in [0.25, 0.3) is 11.8 Å². The molecule has 2 fully saturated rings. The van der Waals surface area contributed by atoms with Crippen molar-refractivity contribution in [3.8, 4) is 0 Å². The maximum Gasteiger partial charge on any atom is 0.277 e. The highest BCUT2D eigenvalue weighted by Crippen LogP contribution is 2.29. The predicted molar refractivity (Wildman–Crippen MR) is 86.6 cm³/mol. The molecular formula is C17H19ClN2O2. The first-order chi connectivity index (χ1) is 10.6. The quantitative estimate of drug-likeness (QED) is 0.620. The van der Waals surface area contributed by atoms with Crippen molar-refractivity contribution in [2.24, 2.45) is 4.99 Å². The zero-order chi connectivity index (χ0) is 15.7. The molecule has 22 heavy (non-hydrogen) atoms. The summed E-state index contributed by atoms with van der Waals surface area (Å²) in [5.41, 5.74) is 1.92. The zero-order valence-corrected chi connectivity index (χ0v) is 13.3. The number of halogens is 1. The highest BCUT2D eigenvalue weighted by atomic mass is 35.5. The number of nitrogens with zero attached hydrogens (tertiary/aromatic N) is 2. The molecule has 1 aromatic rings. The number of alkyl halides is 1. The number of carbonyl (C=O) groups excluding carboxylic acids is 2. The summed E-state index contributed by atoms with van der Waals surface area (Å²) < 4.78 is 0. The molecule has 1 heterocycles. The van der Waals surface area contributed by atoms with E-state index < -0.39 is 5.38 Å². The molecule has 0 N–H and O–H groups in total. The second-order valence-corrected chi connectivity index (χ2v) is 6.44. The molecule has 5 heteroatoms. The van der Waals surface area contributed by atoms with Crippen LogP contribution in [-0.2, 0) is 9.59 Å². The highest BCUT2D eigenvalue weighted by molar-refractivity contribution is 6.63. The molecule has 0 radical (unpaired) electrons. The van der Waals surface area contributed by atoms with Gasteiger partial charge in [-0.1, -0.05) is 37.0 Å². The fraction of sp³-hybridized carbons (Fsp3) is 0.471. The maximum absolute atomic E-state index is 12.6. The molecule has 0 aromatic heterocycles. The molecule has 1 saturated carbocycles. The van der Waals surface area contributed by atoms with Gasteiger partial charge in [0.15, 0.2) is 5.38 Å². The Morgan fingerprint density at radius 3 is 2.36 bits per heavy atom. The Labute approximate surface area is 135 Å². The van der Waals surface area contributed by atoms with Crippen LogP contribution in [0.4, 0.5) is 5.69 Å². The summed E-state index contributed by atoms with van der Waals surface area (Å²) in [5.74, 6) is -0.637. The first-order valence-corrected chi connectivity index (χ1v) is 8.18. The van der Waals surface area contributed by atoms with E-state index in [0.717, 1.165) is 31.2 Å². The molecular weight excluding hydrogens is 300 g/mol. The van der Waals surface area contributed by atoms with Crippen LogP contribution in [0.5, 0.6) is 0 Å². The largest absolute Gasteiger partial charge is 0.277 e. The molecule has 1 unspecified atom stereocenters. The molecule has 1 aliphatic heterocycles. The Bertz CT molecular complexity index is 618. The van der Waals surface area contributed by atoms with Gasteiger partial charge in [-0.05, 0) is 31.9 Å². The third kappa shape index (κ3) is 2.80. The van der Waals surface area contributed by atoms with Gasteiger partial charge in [-0.15, -0.1) is 11.6 Å². The SMILES string of the molecule is Cc1ccc(N=C2C(=O)N(C3CCCCC3)C(=O)C2Cl)cc1. The molecule has 0 spiro atoms. The normalized spacial score (nSPS) is 25.3. The average Bonchev–Trinajstić information content (AvgIpc) is 2.74. The molecule has 2 amide bonds. The van der Waals surface area contributed by atoms with E-state index in [-0.39, 0.29) is 23.6 Å². The van der Waals surface area contributed by atoms with Crippen molar-refractivity contribution in [3.05, 3.63) is 29.8 Å². The molecule has 3 rings (SSSR count). The number of hydrogen-bond acceptors (Lipinski definition) is 3. The van der Waals surface area contributed by atoms with Gasteiger partial charge in [0.1, 0.15) is 5.71 Å². The number of aliphatic imine (C=N–C) groups is 1. The summed E-state index contributed by atoms with van der Waals surface area (Å²) in [6, 6.07) is 7.48. The van der Waals surface area contributed by atoms with Gasteiger partial charge in [0, 0.05) is 6.04 Å². The van der Waals surface area contributed by atoms with Crippen LogP contribution >= 0.6 is 11.6 Å². The second-order valence-electron chi connectivity index (χ2n) is 6.00. The van der Waals surface area contributed by atoms with Crippen molar-refractivity contribution in [2.45, 2.75) is 50.4 Å². The number of aryl methyl sites for hydroxylation is 1. The summed E-state index contributed by atoms with van der Waals surface area (Å²) in [7, 11) is 0. The van der Waals surface area contributed by atoms with Crippen LogP contribution in [0.2, 0.25) is 0 Å². The summed E-state index contributed by atoms with van der Waals surface area (Å²) >= 11 is 6.18. The van der Waals surface area contributed by atoms with Crippen molar-refractivity contribution >= 4 is 34.8 Å². The number of carbonyl (C=O) groups is 2. The first-order valence-electron chi connectivity index (χ1n) is 7.74. The van der Waals surface area contributed by atoms with Crippen LogP contribution < -0.4 is 0 Å². The van der Waals surface area contributed by atoms with Gasteiger partial charge in [0.2, 0.25) is 0 Å². The summed E-state index contributed by atoms with van der Waals surface area (Å²) in [6.07, 6.45) is 5.03. The fourth-order valence-electron chi connectivity index (χ4n) is 3.12. The van der Waals surface area contributed by atoms with Crippen LogP contribution in [0, 0.1) is 6.92 Å². The topological polar surface area (TPSA) is 49.7 Å². The van der Waals surface area contributed by atoms with E-state index in [1.807, 2.05) is 31.2 Å². The smallest absolute Gasteiger partial charge is 0.273 e. The van der Waals surface area contributed by atoms with Gasteiger partial charge in [-0.3, -0.25) is 14.5 Å². The molecule has 1 aromatic carbocycles. The lowest BCUT2D eigenvalue weighted by Gasteiger charge is -2.29. The second kappa shape index (κ2) is 6.21. The number of benzene rings is 1. The Morgan fingerprint density at radius 1 is 1.09 bits per heavy atom. The van der Waals surface area contributed by atoms with Crippen LogP contribution in [-0.4, -0.2) is 33.8 Å². The minimum atomic E-state index is -0.962. The molecule has 116 valence electrons. The highest BCUT2D eigenvalue weighted by Gasteiger charge is 2.47. The van der Waals surface area contributed by atoms with Crippen LogP contribution in [0.3, 0.4) is 0 Å². The lowest BCUT2D eigenvalue weighted by atomic mass is 9.94.